The number of aliphatic hydroxyl groups is 1. The van der Waals surface area contributed by atoms with E-state index in [1.165, 1.54) is 6.08 Å². The van der Waals surface area contributed by atoms with E-state index in [4.69, 9.17) is 22.7 Å². The Hall–Kier alpha value is -3.34. The minimum absolute atomic E-state index is 0.00642. The predicted molar refractivity (Wildman–Crippen MR) is 107 cm³/mol. The maximum atomic E-state index is 10.5. The van der Waals surface area contributed by atoms with Gasteiger partial charge in [0, 0.05) is 16.8 Å². The molecule has 3 aromatic rings. The number of allylic oxidation sites excluding steroid dienone is 2. The van der Waals surface area contributed by atoms with Gasteiger partial charge in [-0.05, 0) is 30.4 Å². The minimum atomic E-state index is -0.545. The van der Waals surface area contributed by atoms with Crippen LogP contribution < -0.4 is 10.5 Å². The molecule has 0 amide bonds. The summed E-state index contributed by atoms with van der Waals surface area (Å²) >= 11 is 5.47. The van der Waals surface area contributed by atoms with Gasteiger partial charge in [-0.25, -0.2) is 0 Å². The number of benzene rings is 2. The standard InChI is InChI=1S/C20H16N4O2S/c1-26-18-10-4-6-13-14(18)7-3-9-16(13)24-19(22-23-20(24)27)15-8-2-5-12(21)11-17(15)25/h3-4,6-12,25H,21H2,1H3,(H,23,27). The second-order valence-corrected chi connectivity index (χ2v) is 6.33. The van der Waals surface area contributed by atoms with E-state index in [0.29, 0.717) is 16.2 Å². The molecule has 2 aromatic carbocycles. The molecule has 7 heteroatoms. The van der Waals surface area contributed by atoms with Crippen LogP contribution in [0.25, 0.3) is 22.0 Å². The van der Waals surface area contributed by atoms with Crippen molar-refractivity contribution in [2.45, 2.75) is 6.04 Å². The quantitative estimate of drug-likeness (QED) is 0.482. The van der Waals surface area contributed by atoms with Crippen LogP contribution in [0, 0.1) is 16.6 Å². The van der Waals surface area contributed by atoms with Crippen LogP contribution in [0.1, 0.15) is 5.82 Å². The molecule has 1 aliphatic carbocycles. The summed E-state index contributed by atoms with van der Waals surface area (Å²) in [5, 5.41) is 19.5. The maximum Gasteiger partial charge on any atom is 0.200 e. The zero-order valence-corrected chi connectivity index (χ0v) is 15.2. The van der Waals surface area contributed by atoms with Crippen molar-refractivity contribution in [3.63, 3.8) is 0 Å². The van der Waals surface area contributed by atoms with Crippen LogP contribution in [0.3, 0.4) is 0 Å². The van der Waals surface area contributed by atoms with Crippen molar-refractivity contribution >= 4 is 28.6 Å². The number of hydrogen-bond acceptors (Lipinski definition) is 5. The van der Waals surface area contributed by atoms with E-state index in [9.17, 15) is 5.11 Å². The molecule has 0 bridgehead atoms. The molecule has 0 aliphatic heterocycles. The number of ether oxygens (including phenoxy) is 1. The van der Waals surface area contributed by atoms with Crippen LogP contribution in [-0.4, -0.2) is 33.0 Å². The van der Waals surface area contributed by atoms with Crippen molar-refractivity contribution in [1.29, 1.82) is 0 Å². The molecule has 1 unspecified atom stereocenters. The molecule has 4 rings (SSSR count). The van der Waals surface area contributed by atoms with E-state index in [-0.39, 0.29) is 5.76 Å². The largest absolute Gasteiger partial charge is 0.507 e. The Morgan fingerprint density at radius 2 is 2.04 bits per heavy atom. The highest BCUT2D eigenvalue weighted by Crippen LogP contribution is 2.32. The molecule has 1 heterocycles. The molecule has 134 valence electrons. The van der Waals surface area contributed by atoms with E-state index in [2.05, 4.69) is 22.0 Å². The van der Waals surface area contributed by atoms with Gasteiger partial charge in [-0.2, -0.15) is 5.10 Å². The Morgan fingerprint density at radius 1 is 1.26 bits per heavy atom. The fourth-order valence-electron chi connectivity index (χ4n) is 3.10. The summed E-state index contributed by atoms with van der Waals surface area (Å²) in [6, 6.07) is 11.1. The van der Waals surface area contributed by atoms with Crippen LogP contribution in [0.15, 0.2) is 54.3 Å². The number of nitrogens with two attached hydrogens (primary N) is 1. The number of aromatic nitrogens is 3. The Morgan fingerprint density at radius 3 is 2.85 bits per heavy atom. The first-order chi connectivity index (χ1) is 13.1. The summed E-state index contributed by atoms with van der Waals surface area (Å²) in [4.78, 5) is 0. The molecule has 0 fully saturated rings. The van der Waals surface area contributed by atoms with Gasteiger partial charge in [0.1, 0.15) is 11.5 Å². The second-order valence-electron chi connectivity index (χ2n) is 5.94. The SMILES string of the molecule is COc1cccc2c(-n3c(C4=CC#CC(N)C=C4O)n[nH]c3=S)cccc12. The molecule has 0 spiro atoms. The van der Waals surface area contributed by atoms with Gasteiger partial charge in [0.2, 0.25) is 0 Å². The number of H-pyrrole nitrogens is 1. The topological polar surface area (TPSA) is 89.1 Å². The number of methoxy groups -OCH3 is 1. The number of aromatic amines is 1. The first-order valence-electron chi connectivity index (χ1n) is 8.22. The van der Waals surface area contributed by atoms with Gasteiger partial charge in [-0.3, -0.25) is 9.67 Å². The van der Waals surface area contributed by atoms with E-state index in [0.717, 1.165) is 22.2 Å². The number of fused-ring (bicyclic) bond motifs is 1. The van der Waals surface area contributed by atoms with Gasteiger partial charge < -0.3 is 15.6 Å². The Labute approximate surface area is 160 Å². The molecule has 6 nitrogen and oxygen atoms in total. The van der Waals surface area contributed by atoms with E-state index < -0.39 is 6.04 Å². The first-order valence-corrected chi connectivity index (χ1v) is 8.63. The minimum Gasteiger partial charge on any atom is -0.507 e. The van der Waals surface area contributed by atoms with Crippen LogP contribution in [0.4, 0.5) is 0 Å². The molecular weight excluding hydrogens is 360 g/mol. The Bertz CT molecular complexity index is 1220. The molecule has 1 aromatic heterocycles. The third-order valence-electron chi connectivity index (χ3n) is 4.31. The normalized spacial score (nSPS) is 16.1. The lowest BCUT2D eigenvalue weighted by Crippen LogP contribution is -2.14. The zero-order chi connectivity index (χ0) is 19.0. The van der Waals surface area contributed by atoms with Gasteiger partial charge in [0.25, 0.3) is 0 Å². The number of nitrogens with one attached hydrogen (secondary N) is 1. The van der Waals surface area contributed by atoms with Crippen molar-refractivity contribution in [2.75, 3.05) is 7.11 Å². The third-order valence-corrected chi connectivity index (χ3v) is 4.59. The van der Waals surface area contributed by atoms with Crippen molar-refractivity contribution < 1.29 is 9.84 Å². The van der Waals surface area contributed by atoms with Gasteiger partial charge in [-0.15, -0.1) is 0 Å². The lowest BCUT2D eigenvalue weighted by atomic mass is 10.1. The molecule has 4 N–H and O–H groups in total. The van der Waals surface area contributed by atoms with Crippen molar-refractivity contribution in [3.8, 4) is 23.3 Å². The molecule has 1 aliphatic rings. The molecule has 0 saturated carbocycles. The van der Waals surface area contributed by atoms with Crippen LogP contribution in [-0.2, 0) is 0 Å². The van der Waals surface area contributed by atoms with Crippen LogP contribution in [0.2, 0.25) is 0 Å². The fraction of sp³-hybridized carbons (Fsp3) is 0.100. The lowest BCUT2D eigenvalue weighted by Gasteiger charge is -2.13. The maximum absolute atomic E-state index is 10.5. The van der Waals surface area contributed by atoms with E-state index in [1.807, 2.05) is 36.4 Å². The monoisotopic (exact) mass is 376 g/mol. The average molecular weight is 376 g/mol. The zero-order valence-electron chi connectivity index (χ0n) is 14.4. The smallest absolute Gasteiger partial charge is 0.200 e. The van der Waals surface area contributed by atoms with Crippen LogP contribution in [0.5, 0.6) is 5.75 Å². The fourth-order valence-corrected chi connectivity index (χ4v) is 3.33. The highest BCUT2D eigenvalue weighted by atomic mass is 32.1. The average Bonchev–Trinajstić information content (AvgIpc) is 2.95. The van der Waals surface area contributed by atoms with E-state index in [1.54, 1.807) is 17.8 Å². The Balaban J connectivity index is 1.99. The van der Waals surface area contributed by atoms with Crippen molar-refractivity contribution in [1.82, 2.24) is 14.8 Å². The summed E-state index contributed by atoms with van der Waals surface area (Å²) in [6.45, 7) is 0. The summed E-state index contributed by atoms with van der Waals surface area (Å²) in [5.41, 5.74) is 7.08. The van der Waals surface area contributed by atoms with Gasteiger partial charge in [-0.1, -0.05) is 36.1 Å². The number of aliphatic hydroxyl groups excluding tert-OH is 1. The number of nitrogens with zero attached hydrogens (tertiary/aromatic N) is 2. The van der Waals surface area contributed by atoms with E-state index >= 15 is 0 Å². The second kappa shape index (κ2) is 6.76. The third kappa shape index (κ3) is 2.91. The van der Waals surface area contributed by atoms with Gasteiger partial charge in [0.05, 0.1) is 24.4 Å². The summed E-state index contributed by atoms with van der Waals surface area (Å²) in [7, 11) is 1.64. The summed E-state index contributed by atoms with van der Waals surface area (Å²) in [5.74, 6) is 6.87. The van der Waals surface area contributed by atoms with Crippen molar-refractivity contribution in [3.05, 3.63) is 64.9 Å². The molecule has 0 saturated heterocycles. The number of hydrogen-bond donors (Lipinski definition) is 3. The lowest BCUT2D eigenvalue weighted by molar-refractivity contribution is 0.420. The molecule has 27 heavy (non-hydrogen) atoms. The summed E-state index contributed by atoms with van der Waals surface area (Å²) in [6.07, 6.45) is 3.08. The number of rotatable bonds is 3. The molecule has 1 atom stereocenters. The molecule has 0 radical (unpaired) electrons. The highest BCUT2D eigenvalue weighted by molar-refractivity contribution is 7.71. The summed E-state index contributed by atoms with van der Waals surface area (Å²) < 4.78 is 7.64. The first kappa shape index (κ1) is 17.1. The van der Waals surface area contributed by atoms with Gasteiger partial charge in [0.15, 0.2) is 10.6 Å². The van der Waals surface area contributed by atoms with Crippen molar-refractivity contribution in [2.24, 2.45) is 5.73 Å². The highest BCUT2D eigenvalue weighted by Gasteiger charge is 2.19. The van der Waals surface area contributed by atoms with Gasteiger partial charge >= 0.3 is 0 Å². The van der Waals surface area contributed by atoms with Crippen LogP contribution >= 0.6 is 12.2 Å². The molecular formula is C20H16N4O2S. The predicted octanol–water partition coefficient (Wildman–Crippen LogP) is 3.26. The Kier molecular flexibility index (Phi) is 4.28.